The SMILES string of the molecule is CCN(CC)CCOc1ccc(C(=O)c2oc3cc4c(cc3c2-c2ccc(OC)cc2)CCCO4)cc1. The average molecular weight is 500 g/mol. The quantitative estimate of drug-likeness (QED) is 0.236. The Morgan fingerprint density at radius 2 is 1.70 bits per heavy atom. The summed E-state index contributed by atoms with van der Waals surface area (Å²) in [6.07, 6.45) is 1.92. The van der Waals surface area contributed by atoms with E-state index in [-0.39, 0.29) is 5.78 Å². The third-order valence-electron chi connectivity index (χ3n) is 6.99. The van der Waals surface area contributed by atoms with Crippen molar-refractivity contribution in [3.8, 4) is 28.4 Å². The molecule has 4 aromatic rings. The van der Waals surface area contributed by atoms with Gasteiger partial charge in [0.2, 0.25) is 5.78 Å². The van der Waals surface area contributed by atoms with Gasteiger partial charge in [0.1, 0.15) is 29.4 Å². The Hall–Kier alpha value is -3.77. The molecule has 0 unspecified atom stereocenters. The number of carbonyl (C=O) groups is 1. The first-order valence-corrected chi connectivity index (χ1v) is 13.0. The van der Waals surface area contributed by atoms with Crippen LogP contribution in [0.3, 0.4) is 0 Å². The van der Waals surface area contributed by atoms with Crippen LogP contribution in [0.5, 0.6) is 17.2 Å². The summed E-state index contributed by atoms with van der Waals surface area (Å²) in [4.78, 5) is 16.1. The Kier molecular flexibility index (Phi) is 7.47. The molecule has 1 aliphatic rings. The van der Waals surface area contributed by atoms with Gasteiger partial charge in [0.15, 0.2) is 5.76 Å². The number of ketones is 1. The maximum absolute atomic E-state index is 13.7. The molecular formula is C31H33NO5. The van der Waals surface area contributed by atoms with E-state index in [9.17, 15) is 4.79 Å². The number of hydrogen-bond donors (Lipinski definition) is 0. The number of fused-ring (bicyclic) bond motifs is 2. The van der Waals surface area contributed by atoms with E-state index in [1.165, 1.54) is 0 Å². The lowest BCUT2D eigenvalue weighted by atomic mass is 9.95. The van der Waals surface area contributed by atoms with Gasteiger partial charge < -0.3 is 23.5 Å². The molecule has 0 fully saturated rings. The molecular weight excluding hydrogens is 466 g/mol. The second-order valence-corrected chi connectivity index (χ2v) is 9.17. The summed E-state index contributed by atoms with van der Waals surface area (Å²) in [5.41, 5.74) is 4.02. The zero-order valence-electron chi connectivity index (χ0n) is 21.7. The molecule has 3 aromatic carbocycles. The molecule has 1 aromatic heterocycles. The fourth-order valence-corrected chi connectivity index (χ4v) is 4.81. The van der Waals surface area contributed by atoms with E-state index in [2.05, 4.69) is 24.8 Å². The molecule has 0 aliphatic carbocycles. The van der Waals surface area contributed by atoms with Crippen molar-refractivity contribution in [1.82, 2.24) is 4.90 Å². The van der Waals surface area contributed by atoms with Crippen LogP contribution in [-0.2, 0) is 6.42 Å². The first kappa shape index (κ1) is 24.9. The summed E-state index contributed by atoms with van der Waals surface area (Å²) in [5, 5.41) is 0.911. The summed E-state index contributed by atoms with van der Waals surface area (Å²) in [7, 11) is 1.64. The molecule has 192 valence electrons. The number of nitrogens with zero attached hydrogens (tertiary/aromatic N) is 1. The Bertz CT molecular complexity index is 1370. The lowest BCUT2D eigenvalue weighted by Crippen LogP contribution is -2.27. The van der Waals surface area contributed by atoms with Gasteiger partial charge in [0.25, 0.3) is 0 Å². The third-order valence-corrected chi connectivity index (χ3v) is 6.99. The van der Waals surface area contributed by atoms with E-state index >= 15 is 0 Å². The van der Waals surface area contributed by atoms with Gasteiger partial charge in [0, 0.05) is 29.1 Å². The smallest absolute Gasteiger partial charge is 0.228 e. The Morgan fingerprint density at radius 1 is 0.973 bits per heavy atom. The van der Waals surface area contributed by atoms with E-state index in [1.54, 1.807) is 19.2 Å². The average Bonchev–Trinajstić information content (AvgIpc) is 3.32. The Balaban J connectivity index is 1.48. The van der Waals surface area contributed by atoms with Gasteiger partial charge >= 0.3 is 0 Å². The van der Waals surface area contributed by atoms with Gasteiger partial charge in [-0.2, -0.15) is 0 Å². The highest BCUT2D eigenvalue weighted by Crippen LogP contribution is 2.40. The van der Waals surface area contributed by atoms with Crippen LogP contribution in [-0.4, -0.2) is 50.6 Å². The van der Waals surface area contributed by atoms with Gasteiger partial charge in [-0.05, 0) is 79.5 Å². The summed E-state index contributed by atoms with van der Waals surface area (Å²) in [5.74, 6) is 2.48. The third kappa shape index (κ3) is 5.20. The summed E-state index contributed by atoms with van der Waals surface area (Å²) < 4.78 is 23.3. The summed E-state index contributed by atoms with van der Waals surface area (Å²) in [6.45, 7) is 8.44. The van der Waals surface area contributed by atoms with Crippen molar-refractivity contribution in [2.24, 2.45) is 0 Å². The lowest BCUT2D eigenvalue weighted by molar-refractivity contribution is 0.101. The predicted octanol–water partition coefficient (Wildman–Crippen LogP) is 6.39. The van der Waals surface area contributed by atoms with E-state index in [1.807, 2.05) is 42.5 Å². The number of methoxy groups -OCH3 is 1. The lowest BCUT2D eigenvalue weighted by Gasteiger charge is -2.18. The van der Waals surface area contributed by atoms with Crippen molar-refractivity contribution in [3.05, 3.63) is 77.6 Å². The van der Waals surface area contributed by atoms with Gasteiger partial charge in [-0.3, -0.25) is 4.79 Å². The molecule has 5 rings (SSSR count). The number of ether oxygens (including phenoxy) is 3. The van der Waals surface area contributed by atoms with Crippen LogP contribution in [0.25, 0.3) is 22.1 Å². The normalized spacial score (nSPS) is 12.9. The van der Waals surface area contributed by atoms with Crippen LogP contribution >= 0.6 is 0 Å². The molecule has 0 N–H and O–H groups in total. The number of carbonyl (C=O) groups excluding carboxylic acids is 1. The highest BCUT2D eigenvalue weighted by atomic mass is 16.5. The van der Waals surface area contributed by atoms with Crippen molar-refractivity contribution in [3.63, 3.8) is 0 Å². The van der Waals surface area contributed by atoms with Crippen LogP contribution in [0, 0.1) is 0 Å². The minimum absolute atomic E-state index is 0.171. The van der Waals surface area contributed by atoms with Crippen molar-refractivity contribution >= 4 is 16.8 Å². The minimum Gasteiger partial charge on any atom is -0.497 e. The van der Waals surface area contributed by atoms with Crippen LogP contribution in [0.1, 0.15) is 41.9 Å². The highest BCUT2D eigenvalue weighted by molar-refractivity contribution is 6.16. The molecule has 0 amide bonds. The van der Waals surface area contributed by atoms with Crippen molar-refractivity contribution in [1.29, 1.82) is 0 Å². The zero-order valence-corrected chi connectivity index (χ0v) is 21.7. The Morgan fingerprint density at radius 3 is 2.41 bits per heavy atom. The molecule has 1 aliphatic heterocycles. The molecule has 6 heteroatoms. The summed E-state index contributed by atoms with van der Waals surface area (Å²) in [6, 6.07) is 19.0. The molecule has 0 saturated carbocycles. The van der Waals surface area contributed by atoms with Gasteiger partial charge in [-0.15, -0.1) is 0 Å². The van der Waals surface area contributed by atoms with Crippen molar-refractivity contribution in [2.45, 2.75) is 26.7 Å². The predicted molar refractivity (Wildman–Crippen MR) is 145 cm³/mol. The molecule has 0 atom stereocenters. The maximum Gasteiger partial charge on any atom is 0.228 e. The first-order valence-electron chi connectivity index (χ1n) is 13.0. The molecule has 0 radical (unpaired) electrons. The second kappa shape index (κ2) is 11.1. The largest absolute Gasteiger partial charge is 0.497 e. The number of likely N-dealkylation sites (N-methyl/N-ethyl adjacent to an activating group) is 1. The number of aryl methyl sites for hydroxylation is 1. The maximum atomic E-state index is 13.7. The number of hydrogen-bond acceptors (Lipinski definition) is 6. The molecule has 6 nitrogen and oxygen atoms in total. The minimum atomic E-state index is -0.171. The van der Waals surface area contributed by atoms with Gasteiger partial charge in [-0.25, -0.2) is 0 Å². The number of rotatable bonds is 10. The van der Waals surface area contributed by atoms with Crippen LogP contribution in [0.15, 0.2) is 65.1 Å². The number of benzene rings is 3. The molecule has 0 spiro atoms. The zero-order chi connectivity index (χ0) is 25.8. The van der Waals surface area contributed by atoms with E-state index in [4.69, 9.17) is 18.6 Å². The molecule has 37 heavy (non-hydrogen) atoms. The number of furan rings is 1. The standard InChI is InChI=1S/C31H33NO5/c1-4-32(5-2)16-18-35-25-14-10-22(11-15-25)30(33)31-29(21-8-12-24(34-3)13-9-21)26-19-23-7-6-17-36-27(23)20-28(26)37-31/h8-15,19-20H,4-7,16-18H2,1-3H3. The highest BCUT2D eigenvalue weighted by Gasteiger charge is 2.25. The molecule has 0 bridgehead atoms. The molecule has 0 saturated heterocycles. The fraction of sp³-hybridized carbons (Fsp3) is 0.323. The van der Waals surface area contributed by atoms with Crippen molar-refractivity contribution in [2.75, 3.05) is 40.0 Å². The van der Waals surface area contributed by atoms with E-state index in [0.29, 0.717) is 30.1 Å². The fourth-order valence-electron chi connectivity index (χ4n) is 4.81. The first-order chi connectivity index (χ1) is 18.1. The van der Waals surface area contributed by atoms with Gasteiger partial charge in [0.05, 0.1) is 13.7 Å². The topological polar surface area (TPSA) is 61.1 Å². The summed E-state index contributed by atoms with van der Waals surface area (Å²) >= 11 is 0. The van der Waals surface area contributed by atoms with Crippen molar-refractivity contribution < 1.29 is 23.4 Å². The van der Waals surface area contributed by atoms with Gasteiger partial charge in [-0.1, -0.05) is 26.0 Å². The van der Waals surface area contributed by atoms with E-state index < -0.39 is 0 Å². The van der Waals surface area contributed by atoms with Crippen LogP contribution in [0.2, 0.25) is 0 Å². The van der Waals surface area contributed by atoms with E-state index in [0.717, 1.165) is 71.8 Å². The van der Waals surface area contributed by atoms with Crippen LogP contribution in [0.4, 0.5) is 0 Å². The monoisotopic (exact) mass is 499 g/mol. The van der Waals surface area contributed by atoms with Crippen LogP contribution < -0.4 is 14.2 Å². The molecule has 2 heterocycles. The second-order valence-electron chi connectivity index (χ2n) is 9.17. The Labute approximate surface area is 217 Å².